The zero-order chi connectivity index (χ0) is 28.0. The van der Waals surface area contributed by atoms with Crippen molar-refractivity contribution in [2.24, 2.45) is 5.92 Å². The van der Waals surface area contributed by atoms with E-state index in [1.807, 2.05) is 30.3 Å². The van der Waals surface area contributed by atoms with Gasteiger partial charge < -0.3 is 19.5 Å². The lowest BCUT2D eigenvalue weighted by Gasteiger charge is -2.49. The highest BCUT2D eigenvalue weighted by atomic mass is 19.4. The second-order valence-electron chi connectivity index (χ2n) is 11.1. The fourth-order valence-electron chi connectivity index (χ4n) is 6.16. The summed E-state index contributed by atoms with van der Waals surface area (Å²) < 4.78 is 92.9. The highest BCUT2D eigenvalue weighted by Gasteiger charge is 2.50. The van der Waals surface area contributed by atoms with Crippen molar-refractivity contribution < 1.29 is 40.9 Å². The molecule has 1 N–H and O–H groups in total. The molecule has 2 saturated heterocycles. The Morgan fingerprint density at radius 2 is 1.51 bits per heavy atom. The molecule has 1 unspecified atom stereocenters. The molecule has 0 aromatic heterocycles. The van der Waals surface area contributed by atoms with Gasteiger partial charge in [-0.15, -0.1) is 0 Å². The molecule has 0 spiro atoms. The van der Waals surface area contributed by atoms with E-state index < -0.39 is 47.4 Å². The molecule has 1 aliphatic carbocycles. The van der Waals surface area contributed by atoms with Gasteiger partial charge in [0.15, 0.2) is 6.29 Å². The maximum atomic E-state index is 13.5. The van der Waals surface area contributed by atoms with Crippen LogP contribution in [0.4, 0.5) is 26.3 Å². The molecule has 39 heavy (non-hydrogen) atoms. The number of rotatable bonds is 6. The Morgan fingerprint density at radius 1 is 0.923 bits per heavy atom. The number of benzene rings is 2. The largest absolute Gasteiger partial charge is 0.416 e. The molecule has 3 aliphatic rings. The molecule has 2 heterocycles. The van der Waals surface area contributed by atoms with Gasteiger partial charge in [-0.1, -0.05) is 30.3 Å². The van der Waals surface area contributed by atoms with Gasteiger partial charge in [0, 0.05) is 31.0 Å². The third kappa shape index (κ3) is 6.29. The van der Waals surface area contributed by atoms with Crippen molar-refractivity contribution in [2.45, 2.75) is 81.3 Å². The van der Waals surface area contributed by atoms with E-state index in [0.717, 1.165) is 18.7 Å². The molecule has 214 valence electrons. The molecule has 0 radical (unpaired) electrons. The van der Waals surface area contributed by atoms with Crippen LogP contribution in [0.2, 0.25) is 0 Å². The fourth-order valence-corrected chi connectivity index (χ4v) is 6.16. The third-order valence-electron chi connectivity index (χ3n) is 8.46. The molecule has 4 nitrogen and oxygen atoms in total. The van der Waals surface area contributed by atoms with Crippen molar-refractivity contribution in [3.05, 3.63) is 70.8 Å². The van der Waals surface area contributed by atoms with Gasteiger partial charge in [-0.05, 0) is 68.4 Å². The average molecular weight is 558 g/mol. The van der Waals surface area contributed by atoms with E-state index in [9.17, 15) is 31.4 Å². The quantitative estimate of drug-likeness (QED) is 0.391. The Morgan fingerprint density at radius 3 is 2.05 bits per heavy atom. The van der Waals surface area contributed by atoms with Crippen LogP contribution in [0.25, 0.3) is 0 Å². The van der Waals surface area contributed by atoms with Crippen LogP contribution in [0.3, 0.4) is 0 Å². The number of aliphatic hydroxyl groups is 1. The molecular weight excluding hydrogens is 524 g/mol. The summed E-state index contributed by atoms with van der Waals surface area (Å²) >= 11 is 0. The number of hydrogen-bond donors (Lipinski definition) is 1. The molecule has 4 atom stereocenters. The van der Waals surface area contributed by atoms with Gasteiger partial charge in [-0.3, -0.25) is 0 Å². The van der Waals surface area contributed by atoms with Gasteiger partial charge >= 0.3 is 12.4 Å². The van der Waals surface area contributed by atoms with E-state index >= 15 is 0 Å². The topological polar surface area (TPSA) is 41.9 Å². The number of nitrogens with zero attached hydrogens (tertiary/aromatic N) is 1. The fraction of sp³-hybridized carbons (Fsp3) is 0.586. The van der Waals surface area contributed by atoms with E-state index in [4.69, 9.17) is 9.47 Å². The Labute approximate surface area is 223 Å². The lowest BCUT2D eigenvalue weighted by molar-refractivity contribution is -0.232. The maximum Gasteiger partial charge on any atom is 0.416 e. The summed E-state index contributed by atoms with van der Waals surface area (Å²) in [5, 5.41) is 11.9. The Bertz CT molecular complexity index is 1090. The predicted octanol–water partition coefficient (Wildman–Crippen LogP) is 6.94. The zero-order valence-electron chi connectivity index (χ0n) is 21.6. The molecule has 2 aromatic carbocycles. The SMILES string of the molecule is CC(O[C@H]1OCC[C@@H](C2(O)CCN(C3CC3)CC2)[C@@H]1c1ccccc1)c1cc(C(F)(F)F)cc(C(F)(F)F)c1. The number of piperidine rings is 1. The monoisotopic (exact) mass is 557 g/mol. The third-order valence-corrected chi connectivity index (χ3v) is 8.46. The first-order valence-corrected chi connectivity index (χ1v) is 13.4. The Kier molecular flexibility index (Phi) is 7.78. The molecular formula is C29H33F6NO3. The molecule has 3 fully saturated rings. The second-order valence-corrected chi connectivity index (χ2v) is 11.1. The highest BCUT2D eigenvalue weighted by molar-refractivity contribution is 5.35. The van der Waals surface area contributed by atoms with Crippen molar-refractivity contribution in [3.63, 3.8) is 0 Å². The van der Waals surface area contributed by atoms with Crippen LogP contribution in [-0.4, -0.2) is 47.6 Å². The first kappa shape index (κ1) is 28.4. The molecule has 2 aromatic rings. The number of ether oxygens (including phenoxy) is 2. The summed E-state index contributed by atoms with van der Waals surface area (Å²) in [6, 6.07) is 11.4. The minimum atomic E-state index is -4.95. The van der Waals surface area contributed by atoms with Crippen LogP contribution in [0, 0.1) is 5.92 Å². The van der Waals surface area contributed by atoms with Crippen molar-refractivity contribution in [3.8, 4) is 0 Å². The van der Waals surface area contributed by atoms with Crippen molar-refractivity contribution in [1.29, 1.82) is 0 Å². The molecule has 0 amide bonds. The van der Waals surface area contributed by atoms with Crippen LogP contribution in [0.5, 0.6) is 0 Å². The first-order chi connectivity index (χ1) is 18.3. The van der Waals surface area contributed by atoms with E-state index in [1.54, 1.807) is 0 Å². The number of alkyl halides is 6. The summed E-state index contributed by atoms with van der Waals surface area (Å²) in [5.74, 6) is -0.702. The lowest BCUT2D eigenvalue weighted by atomic mass is 9.68. The van der Waals surface area contributed by atoms with Gasteiger partial charge in [0.2, 0.25) is 0 Å². The molecule has 2 aliphatic heterocycles. The summed E-state index contributed by atoms with van der Waals surface area (Å²) in [7, 11) is 0. The Balaban J connectivity index is 1.43. The first-order valence-electron chi connectivity index (χ1n) is 13.4. The van der Waals surface area contributed by atoms with Crippen LogP contribution in [-0.2, 0) is 21.8 Å². The second kappa shape index (κ2) is 10.7. The average Bonchev–Trinajstić information content (AvgIpc) is 3.74. The van der Waals surface area contributed by atoms with E-state index in [0.29, 0.717) is 37.4 Å². The van der Waals surface area contributed by atoms with Crippen molar-refractivity contribution in [1.82, 2.24) is 4.90 Å². The number of halogens is 6. The minimum Gasteiger partial charge on any atom is -0.389 e. The van der Waals surface area contributed by atoms with Gasteiger partial charge in [0.25, 0.3) is 0 Å². The summed E-state index contributed by atoms with van der Waals surface area (Å²) in [4.78, 5) is 2.41. The molecule has 0 bridgehead atoms. The maximum absolute atomic E-state index is 13.5. The predicted molar refractivity (Wildman–Crippen MR) is 132 cm³/mol. The molecule has 5 rings (SSSR count). The van der Waals surface area contributed by atoms with Crippen molar-refractivity contribution >= 4 is 0 Å². The number of hydrogen-bond acceptors (Lipinski definition) is 4. The van der Waals surface area contributed by atoms with Gasteiger partial charge in [0.05, 0.1) is 29.4 Å². The molecule has 10 heteroatoms. The van der Waals surface area contributed by atoms with Crippen LogP contribution in [0.1, 0.15) is 73.3 Å². The smallest absolute Gasteiger partial charge is 0.389 e. The van der Waals surface area contributed by atoms with Crippen LogP contribution in [0.15, 0.2) is 48.5 Å². The van der Waals surface area contributed by atoms with Crippen LogP contribution >= 0.6 is 0 Å². The Hall–Kier alpha value is -2.14. The van der Waals surface area contributed by atoms with Gasteiger partial charge in [-0.25, -0.2) is 0 Å². The highest BCUT2D eigenvalue weighted by Crippen LogP contribution is 2.48. The lowest BCUT2D eigenvalue weighted by Crippen LogP contribution is -2.54. The van der Waals surface area contributed by atoms with Gasteiger partial charge in [0.1, 0.15) is 0 Å². The molecule has 1 saturated carbocycles. The van der Waals surface area contributed by atoms with E-state index in [2.05, 4.69) is 4.90 Å². The zero-order valence-corrected chi connectivity index (χ0v) is 21.6. The normalized spacial score (nSPS) is 27.3. The summed E-state index contributed by atoms with van der Waals surface area (Å²) in [5.41, 5.74) is -3.16. The van der Waals surface area contributed by atoms with E-state index in [-0.39, 0.29) is 24.2 Å². The number of likely N-dealkylation sites (tertiary alicyclic amines) is 1. The van der Waals surface area contributed by atoms with E-state index in [1.165, 1.54) is 19.8 Å². The summed E-state index contributed by atoms with van der Waals surface area (Å²) in [6.45, 7) is 3.25. The minimum absolute atomic E-state index is 0.111. The van der Waals surface area contributed by atoms with Gasteiger partial charge in [-0.2, -0.15) is 26.3 Å². The van der Waals surface area contributed by atoms with Crippen molar-refractivity contribution in [2.75, 3.05) is 19.7 Å². The summed E-state index contributed by atoms with van der Waals surface area (Å²) in [6.07, 6.45) is -7.89. The van der Waals surface area contributed by atoms with Crippen LogP contribution < -0.4 is 0 Å². The standard InChI is InChI=1S/C29H33F6NO3/c1-18(20-15-21(28(30,31)32)17-22(16-20)29(33,34)35)39-26-25(19-5-3-2-4-6-19)24(9-14-38-26)27(37)10-12-36(13-11-27)23-7-8-23/h2-6,15-18,23-26,37H,7-14H2,1H3/t18?,24-,25+,26-/m1/s1.